The lowest BCUT2D eigenvalue weighted by atomic mass is 10.2. The monoisotopic (exact) mass is 214 g/mol. The third-order valence-corrected chi connectivity index (χ3v) is 2.20. The second-order valence-electron chi connectivity index (χ2n) is 3.62. The Kier molecular flexibility index (Phi) is 3.17. The average Bonchev–Trinajstić information content (AvgIpc) is 2.31. The maximum Gasteiger partial charge on any atom is 0.145 e. The number of aromatic nitrogens is 1. The number of para-hydroxylation sites is 1. The van der Waals surface area contributed by atoms with Gasteiger partial charge in [0.05, 0.1) is 11.9 Å². The van der Waals surface area contributed by atoms with E-state index in [9.17, 15) is 0 Å². The van der Waals surface area contributed by atoms with Crippen LogP contribution < -0.4 is 10.5 Å². The number of nitrogens with zero attached hydrogens (tertiary/aromatic N) is 1. The highest BCUT2D eigenvalue weighted by atomic mass is 16.5. The van der Waals surface area contributed by atoms with Gasteiger partial charge in [-0.3, -0.25) is 4.98 Å². The molecule has 0 unspecified atom stereocenters. The van der Waals surface area contributed by atoms with E-state index in [1.807, 2.05) is 49.4 Å². The van der Waals surface area contributed by atoms with Gasteiger partial charge in [0.1, 0.15) is 11.5 Å². The zero-order valence-electron chi connectivity index (χ0n) is 9.13. The van der Waals surface area contributed by atoms with Crippen molar-refractivity contribution in [3.8, 4) is 11.5 Å². The fourth-order valence-corrected chi connectivity index (χ4v) is 1.35. The first-order valence-corrected chi connectivity index (χ1v) is 5.20. The van der Waals surface area contributed by atoms with E-state index in [0.717, 1.165) is 17.2 Å². The number of hydrogen-bond donors (Lipinski definition) is 1. The summed E-state index contributed by atoms with van der Waals surface area (Å²) in [7, 11) is 0. The average molecular weight is 214 g/mol. The van der Waals surface area contributed by atoms with Crippen LogP contribution in [0.3, 0.4) is 0 Å². The fraction of sp³-hybridized carbons (Fsp3) is 0.154. The first-order chi connectivity index (χ1) is 7.75. The summed E-state index contributed by atoms with van der Waals surface area (Å²) in [5.74, 6) is 1.52. The Hall–Kier alpha value is -1.87. The van der Waals surface area contributed by atoms with E-state index >= 15 is 0 Å². The van der Waals surface area contributed by atoms with Crippen molar-refractivity contribution in [2.75, 3.05) is 0 Å². The van der Waals surface area contributed by atoms with Crippen LogP contribution in [0.2, 0.25) is 0 Å². The molecule has 2 rings (SSSR count). The minimum Gasteiger partial charge on any atom is -0.456 e. The van der Waals surface area contributed by atoms with Crippen LogP contribution in [0.4, 0.5) is 0 Å². The van der Waals surface area contributed by atoms with Crippen LogP contribution in [0.25, 0.3) is 0 Å². The number of benzene rings is 1. The van der Waals surface area contributed by atoms with Gasteiger partial charge in [-0.1, -0.05) is 18.2 Å². The Bertz CT molecular complexity index is 437. The fourth-order valence-electron chi connectivity index (χ4n) is 1.35. The van der Waals surface area contributed by atoms with Gasteiger partial charge < -0.3 is 10.5 Å². The zero-order chi connectivity index (χ0) is 11.4. The largest absolute Gasteiger partial charge is 0.456 e. The van der Waals surface area contributed by atoms with Crippen LogP contribution in [0, 0.1) is 0 Å². The highest BCUT2D eigenvalue weighted by Crippen LogP contribution is 2.20. The second-order valence-corrected chi connectivity index (χ2v) is 3.62. The van der Waals surface area contributed by atoms with E-state index in [1.54, 1.807) is 6.20 Å². The van der Waals surface area contributed by atoms with Crippen molar-refractivity contribution in [1.82, 2.24) is 4.98 Å². The molecule has 0 amide bonds. The molecule has 0 saturated carbocycles. The summed E-state index contributed by atoms with van der Waals surface area (Å²) in [6.07, 6.45) is 1.69. The summed E-state index contributed by atoms with van der Waals surface area (Å²) in [5, 5.41) is 0. The Balaban J connectivity index is 2.11. The number of rotatable bonds is 3. The van der Waals surface area contributed by atoms with Crippen molar-refractivity contribution < 1.29 is 4.74 Å². The Morgan fingerprint density at radius 3 is 2.38 bits per heavy atom. The minimum absolute atomic E-state index is 0.0502. The Morgan fingerprint density at radius 2 is 1.81 bits per heavy atom. The quantitative estimate of drug-likeness (QED) is 0.854. The number of pyridine rings is 1. The van der Waals surface area contributed by atoms with Crippen molar-refractivity contribution in [3.63, 3.8) is 0 Å². The molecule has 0 fully saturated rings. The highest BCUT2D eigenvalue weighted by Gasteiger charge is 2.01. The van der Waals surface area contributed by atoms with Gasteiger partial charge in [0.25, 0.3) is 0 Å². The van der Waals surface area contributed by atoms with Crippen molar-refractivity contribution in [1.29, 1.82) is 0 Å². The summed E-state index contributed by atoms with van der Waals surface area (Å²) in [6, 6.07) is 13.3. The molecule has 3 nitrogen and oxygen atoms in total. The molecule has 1 aromatic carbocycles. The van der Waals surface area contributed by atoms with Crippen LogP contribution in [0.5, 0.6) is 11.5 Å². The molecule has 2 aromatic rings. The van der Waals surface area contributed by atoms with Gasteiger partial charge in [-0.05, 0) is 31.2 Å². The maximum atomic E-state index is 5.71. The molecule has 1 heterocycles. The molecule has 82 valence electrons. The van der Waals surface area contributed by atoms with Crippen molar-refractivity contribution in [2.24, 2.45) is 5.73 Å². The minimum atomic E-state index is -0.0502. The topological polar surface area (TPSA) is 48.1 Å². The van der Waals surface area contributed by atoms with E-state index in [0.29, 0.717) is 0 Å². The van der Waals surface area contributed by atoms with Gasteiger partial charge in [-0.15, -0.1) is 0 Å². The lowest BCUT2D eigenvalue weighted by molar-refractivity contribution is 0.479. The molecule has 2 N–H and O–H groups in total. The van der Waals surface area contributed by atoms with Crippen LogP contribution in [0.1, 0.15) is 18.7 Å². The lowest BCUT2D eigenvalue weighted by Gasteiger charge is -2.07. The standard InChI is InChI=1S/C13H14N2O/c1-10(14)13-8-7-12(9-15-13)16-11-5-3-2-4-6-11/h2-10H,14H2,1H3/t10-/m1/s1. The first kappa shape index (κ1) is 10.6. The smallest absolute Gasteiger partial charge is 0.145 e. The van der Waals surface area contributed by atoms with E-state index in [4.69, 9.17) is 10.5 Å². The summed E-state index contributed by atoms with van der Waals surface area (Å²) < 4.78 is 5.61. The molecule has 1 atom stereocenters. The molecule has 1 aromatic heterocycles. The number of nitrogens with two attached hydrogens (primary N) is 1. The van der Waals surface area contributed by atoms with Crippen molar-refractivity contribution in [2.45, 2.75) is 13.0 Å². The number of hydrogen-bond acceptors (Lipinski definition) is 3. The van der Waals surface area contributed by atoms with Crippen molar-refractivity contribution >= 4 is 0 Å². The van der Waals surface area contributed by atoms with Gasteiger partial charge >= 0.3 is 0 Å². The molecular formula is C13H14N2O. The maximum absolute atomic E-state index is 5.71. The molecule has 3 heteroatoms. The molecule has 0 aliphatic heterocycles. The Morgan fingerprint density at radius 1 is 1.06 bits per heavy atom. The van der Waals surface area contributed by atoms with Gasteiger partial charge in [-0.2, -0.15) is 0 Å². The van der Waals surface area contributed by atoms with Gasteiger partial charge in [-0.25, -0.2) is 0 Å². The third kappa shape index (κ3) is 2.58. The van der Waals surface area contributed by atoms with Gasteiger partial charge in [0.2, 0.25) is 0 Å². The third-order valence-electron chi connectivity index (χ3n) is 2.20. The van der Waals surface area contributed by atoms with Crippen LogP contribution in [-0.2, 0) is 0 Å². The predicted octanol–water partition coefficient (Wildman–Crippen LogP) is 2.89. The first-order valence-electron chi connectivity index (χ1n) is 5.20. The van der Waals surface area contributed by atoms with E-state index in [2.05, 4.69) is 4.98 Å². The Labute approximate surface area is 94.9 Å². The molecule has 0 radical (unpaired) electrons. The van der Waals surface area contributed by atoms with E-state index in [1.165, 1.54) is 0 Å². The van der Waals surface area contributed by atoms with Crippen LogP contribution in [0.15, 0.2) is 48.7 Å². The summed E-state index contributed by atoms with van der Waals surface area (Å²) in [5.41, 5.74) is 6.57. The van der Waals surface area contributed by atoms with E-state index in [-0.39, 0.29) is 6.04 Å². The molecule has 0 spiro atoms. The van der Waals surface area contributed by atoms with Crippen LogP contribution >= 0.6 is 0 Å². The SMILES string of the molecule is C[C@@H](N)c1ccc(Oc2ccccc2)cn1. The summed E-state index contributed by atoms with van der Waals surface area (Å²) >= 11 is 0. The second kappa shape index (κ2) is 4.77. The van der Waals surface area contributed by atoms with Gasteiger partial charge in [0.15, 0.2) is 0 Å². The molecule has 0 aliphatic carbocycles. The number of ether oxygens (including phenoxy) is 1. The predicted molar refractivity (Wildman–Crippen MR) is 63.4 cm³/mol. The van der Waals surface area contributed by atoms with Gasteiger partial charge in [0, 0.05) is 6.04 Å². The highest BCUT2D eigenvalue weighted by molar-refractivity contribution is 5.29. The van der Waals surface area contributed by atoms with Crippen molar-refractivity contribution in [3.05, 3.63) is 54.4 Å². The molecular weight excluding hydrogens is 200 g/mol. The summed E-state index contributed by atoms with van der Waals surface area (Å²) in [4.78, 5) is 4.22. The molecule has 0 saturated heterocycles. The van der Waals surface area contributed by atoms with Crippen LogP contribution in [-0.4, -0.2) is 4.98 Å². The lowest BCUT2D eigenvalue weighted by Crippen LogP contribution is -2.06. The summed E-state index contributed by atoms with van der Waals surface area (Å²) in [6.45, 7) is 1.90. The normalized spacial score (nSPS) is 12.1. The molecule has 0 bridgehead atoms. The molecule has 0 aliphatic rings. The zero-order valence-corrected chi connectivity index (χ0v) is 9.13. The van der Waals surface area contributed by atoms with E-state index < -0.39 is 0 Å². The molecule has 16 heavy (non-hydrogen) atoms.